The topological polar surface area (TPSA) is 78.4 Å². The molecule has 0 saturated heterocycles. The molecule has 0 bridgehead atoms. The van der Waals surface area contributed by atoms with Crippen LogP contribution in [-0.4, -0.2) is 36.3 Å². The van der Waals surface area contributed by atoms with Crippen molar-refractivity contribution in [3.05, 3.63) is 24.3 Å². The molecule has 0 atom stereocenters. The first-order valence-corrected chi connectivity index (χ1v) is 7.65. The normalized spacial score (nSPS) is 15.5. The molecular formula is C14H18N2O3S. The summed E-state index contributed by atoms with van der Waals surface area (Å²) in [5.74, 6) is -1.35. The minimum Gasteiger partial charge on any atom is -0.396 e. The number of carbonyl (C=O) groups is 2. The molecule has 1 aromatic carbocycles. The fourth-order valence-electron chi connectivity index (χ4n) is 1.80. The van der Waals surface area contributed by atoms with Gasteiger partial charge in [0.05, 0.1) is 6.61 Å². The van der Waals surface area contributed by atoms with Gasteiger partial charge < -0.3 is 15.7 Å². The number of thioether (sulfide) groups is 1. The SMILES string of the molecule is CSc1cccc(NC(=O)C(=O)NCC2(CO)CC2)c1. The molecule has 1 aliphatic carbocycles. The number of aliphatic hydroxyl groups is 1. The van der Waals surface area contributed by atoms with Gasteiger partial charge in [-0.2, -0.15) is 0 Å². The Balaban J connectivity index is 1.85. The van der Waals surface area contributed by atoms with Gasteiger partial charge in [-0.15, -0.1) is 11.8 Å². The Hall–Kier alpha value is -1.53. The summed E-state index contributed by atoms with van der Waals surface area (Å²) in [6.45, 7) is 0.394. The van der Waals surface area contributed by atoms with Crippen LogP contribution in [0.25, 0.3) is 0 Å². The fraction of sp³-hybridized carbons (Fsp3) is 0.429. The van der Waals surface area contributed by atoms with Crippen molar-refractivity contribution >= 4 is 29.3 Å². The number of hydrogen-bond acceptors (Lipinski definition) is 4. The van der Waals surface area contributed by atoms with E-state index in [1.54, 1.807) is 17.8 Å². The molecule has 1 aromatic rings. The maximum Gasteiger partial charge on any atom is 0.313 e. The smallest absolute Gasteiger partial charge is 0.313 e. The van der Waals surface area contributed by atoms with Gasteiger partial charge in [0.25, 0.3) is 0 Å². The minimum atomic E-state index is -0.683. The monoisotopic (exact) mass is 294 g/mol. The Morgan fingerprint density at radius 3 is 2.70 bits per heavy atom. The van der Waals surface area contributed by atoms with Crippen LogP contribution in [0.2, 0.25) is 0 Å². The van der Waals surface area contributed by atoms with Crippen molar-refractivity contribution in [1.82, 2.24) is 5.32 Å². The minimum absolute atomic E-state index is 0.0463. The highest BCUT2D eigenvalue weighted by Gasteiger charge is 2.42. The van der Waals surface area contributed by atoms with Gasteiger partial charge in [0.15, 0.2) is 0 Å². The van der Waals surface area contributed by atoms with Crippen molar-refractivity contribution in [2.24, 2.45) is 5.41 Å². The summed E-state index contributed by atoms with van der Waals surface area (Å²) < 4.78 is 0. The van der Waals surface area contributed by atoms with E-state index < -0.39 is 11.8 Å². The number of amides is 2. The molecule has 2 rings (SSSR count). The summed E-state index contributed by atoms with van der Waals surface area (Å²) >= 11 is 1.56. The number of aliphatic hydroxyl groups excluding tert-OH is 1. The lowest BCUT2D eigenvalue weighted by atomic mass is 10.1. The molecule has 0 aromatic heterocycles. The van der Waals surface area contributed by atoms with Gasteiger partial charge in [0.1, 0.15) is 0 Å². The van der Waals surface area contributed by atoms with E-state index in [0.717, 1.165) is 17.7 Å². The Bertz CT molecular complexity index is 515. The first-order valence-electron chi connectivity index (χ1n) is 6.43. The van der Waals surface area contributed by atoms with E-state index in [9.17, 15) is 9.59 Å². The van der Waals surface area contributed by atoms with Crippen LogP contribution < -0.4 is 10.6 Å². The standard InChI is InChI=1S/C14H18N2O3S/c1-20-11-4-2-3-10(7-11)16-13(19)12(18)15-8-14(9-17)5-6-14/h2-4,7,17H,5-6,8-9H2,1H3,(H,15,18)(H,16,19). The van der Waals surface area contributed by atoms with Gasteiger partial charge in [0.2, 0.25) is 0 Å². The molecule has 20 heavy (non-hydrogen) atoms. The first-order chi connectivity index (χ1) is 9.58. The number of nitrogens with one attached hydrogen (secondary N) is 2. The van der Waals surface area contributed by atoms with Crippen molar-refractivity contribution < 1.29 is 14.7 Å². The predicted molar refractivity (Wildman–Crippen MR) is 78.6 cm³/mol. The van der Waals surface area contributed by atoms with Crippen LogP contribution in [0.1, 0.15) is 12.8 Å². The number of anilines is 1. The molecule has 0 radical (unpaired) electrons. The molecule has 0 aliphatic heterocycles. The van der Waals surface area contributed by atoms with Crippen LogP contribution in [0, 0.1) is 5.41 Å². The predicted octanol–water partition coefficient (Wildman–Crippen LogP) is 1.24. The average Bonchev–Trinajstić information content (AvgIpc) is 3.25. The van der Waals surface area contributed by atoms with Crippen LogP contribution in [0.5, 0.6) is 0 Å². The Labute approximate surface area is 122 Å². The quantitative estimate of drug-likeness (QED) is 0.564. The van der Waals surface area contributed by atoms with Crippen LogP contribution in [0.15, 0.2) is 29.2 Å². The number of hydrogen-bond donors (Lipinski definition) is 3. The molecule has 1 saturated carbocycles. The number of rotatable bonds is 5. The molecule has 1 aliphatic rings. The van der Waals surface area contributed by atoms with Gasteiger partial charge in [0, 0.05) is 22.5 Å². The van der Waals surface area contributed by atoms with Crippen LogP contribution >= 0.6 is 11.8 Å². The molecule has 0 heterocycles. The summed E-state index contributed by atoms with van der Waals surface area (Å²) in [7, 11) is 0. The second kappa shape index (κ2) is 6.28. The summed E-state index contributed by atoms with van der Waals surface area (Å²) in [5.41, 5.74) is 0.398. The highest BCUT2D eigenvalue weighted by Crippen LogP contribution is 2.44. The van der Waals surface area contributed by atoms with Gasteiger partial charge in [-0.1, -0.05) is 6.07 Å². The van der Waals surface area contributed by atoms with Crippen molar-refractivity contribution in [2.75, 3.05) is 24.7 Å². The largest absolute Gasteiger partial charge is 0.396 e. The van der Waals surface area contributed by atoms with E-state index in [-0.39, 0.29) is 12.0 Å². The Kier molecular flexibility index (Phi) is 4.67. The van der Waals surface area contributed by atoms with E-state index in [2.05, 4.69) is 10.6 Å². The summed E-state index contributed by atoms with van der Waals surface area (Å²) in [6, 6.07) is 7.30. The average molecular weight is 294 g/mol. The van der Waals surface area contributed by atoms with Crippen molar-refractivity contribution in [3.8, 4) is 0 Å². The molecule has 2 amide bonds. The maximum atomic E-state index is 11.7. The highest BCUT2D eigenvalue weighted by molar-refractivity contribution is 7.98. The van der Waals surface area contributed by atoms with Crippen LogP contribution in [0.3, 0.4) is 0 Å². The summed E-state index contributed by atoms with van der Waals surface area (Å²) in [4.78, 5) is 24.4. The molecule has 5 nitrogen and oxygen atoms in total. The Morgan fingerprint density at radius 1 is 1.35 bits per heavy atom. The fourth-order valence-corrected chi connectivity index (χ4v) is 2.26. The maximum absolute atomic E-state index is 11.7. The number of benzene rings is 1. The number of carbonyl (C=O) groups excluding carboxylic acids is 2. The van der Waals surface area contributed by atoms with Crippen molar-refractivity contribution in [2.45, 2.75) is 17.7 Å². The lowest BCUT2D eigenvalue weighted by Crippen LogP contribution is -2.39. The lowest BCUT2D eigenvalue weighted by molar-refractivity contribution is -0.136. The van der Waals surface area contributed by atoms with Gasteiger partial charge in [-0.25, -0.2) is 0 Å². The van der Waals surface area contributed by atoms with E-state index in [1.807, 2.05) is 24.5 Å². The molecule has 3 N–H and O–H groups in total. The van der Waals surface area contributed by atoms with Crippen molar-refractivity contribution in [3.63, 3.8) is 0 Å². The zero-order valence-electron chi connectivity index (χ0n) is 11.3. The zero-order valence-corrected chi connectivity index (χ0v) is 12.1. The molecule has 1 fully saturated rings. The first kappa shape index (κ1) is 14.9. The van der Waals surface area contributed by atoms with Crippen LogP contribution in [-0.2, 0) is 9.59 Å². The lowest BCUT2D eigenvalue weighted by Gasteiger charge is -2.12. The molecule has 0 unspecified atom stereocenters. The molecule has 6 heteroatoms. The third-order valence-electron chi connectivity index (χ3n) is 3.45. The van der Waals surface area contributed by atoms with Gasteiger partial charge in [-0.05, 0) is 37.3 Å². The second-order valence-electron chi connectivity index (χ2n) is 5.03. The second-order valence-corrected chi connectivity index (χ2v) is 5.91. The molecular weight excluding hydrogens is 276 g/mol. The highest BCUT2D eigenvalue weighted by atomic mass is 32.2. The van der Waals surface area contributed by atoms with Gasteiger partial charge in [-0.3, -0.25) is 9.59 Å². The zero-order chi connectivity index (χ0) is 14.6. The van der Waals surface area contributed by atoms with E-state index >= 15 is 0 Å². The van der Waals surface area contributed by atoms with E-state index in [1.165, 1.54) is 0 Å². The third kappa shape index (κ3) is 3.74. The van der Waals surface area contributed by atoms with E-state index in [4.69, 9.17) is 5.11 Å². The summed E-state index contributed by atoms with van der Waals surface area (Å²) in [6.07, 6.45) is 3.72. The summed E-state index contributed by atoms with van der Waals surface area (Å²) in [5, 5.41) is 14.3. The van der Waals surface area contributed by atoms with Crippen molar-refractivity contribution in [1.29, 1.82) is 0 Å². The Morgan fingerprint density at radius 2 is 2.10 bits per heavy atom. The molecule has 108 valence electrons. The van der Waals surface area contributed by atoms with E-state index in [0.29, 0.717) is 12.2 Å². The van der Waals surface area contributed by atoms with Crippen LogP contribution in [0.4, 0.5) is 5.69 Å². The van der Waals surface area contributed by atoms with Gasteiger partial charge >= 0.3 is 11.8 Å². The third-order valence-corrected chi connectivity index (χ3v) is 4.18. The molecule has 0 spiro atoms.